The average molecular weight is 349 g/mol. The van der Waals surface area contributed by atoms with Crippen LogP contribution in [0.4, 0.5) is 0 Å². The molecule has 0 aliphatic heterocycles. The van der Waals surface area contributed by atoms with Crippen molar-refractivity contribution in [2.75, 3.05) is 0 Å². The van der Waals surface area contributed by atoms with E-state index in [9.17, 15) is 5.11 Å². The third-order valence-electron chi connectivity index (χ3n) is 3.40. The molecule has 0 aromatic heterocycles. The Hall–Kier alpha value is -1.32. The maximum absolute atomic E-state index is 9.62. The van der Waals surface area contributed by atoms with Crippen LogP contribution in [0.5, 0.6) is 11.5 Å². The van der Waals surface area contributed by atoms with Gasteiger partial charge in [-0.2, -0.15) is 0 Å². The summed E-state index contributed by atoms with van der Waals surface area (Å²) in [5, 5.41) is 9.62. The van der Waals surface area contributed by atoms with Gasteiger partial charge >= 0.3 is 0 Å². The number of hydrogen-bond donors (Lipinski definition) is 1. The van der Waals surface area contributed by atoms with Crippen molar-refractivity contribution in [1.82, 2.24) is 0 Å². The van der Waals surface area contributed by atoms with Crippen molar-refractivity contribution < 1.29 is 9.84 Å². The fourth-order valence-corrected chi connectivity index (χ4v) is 2.84. The van der Waals surface area contributed by atoms with Gasteiger partial charge in [0.15, 0.2) is 0 Å². The van der Waals surface area contributed by atoms with Crippen LogP contribution in [-0.4, -0.2) is 5.11 Å². The lowest BCUT2D eigenvalue weighted by molar-refractivity contribution is 0.198. The zero-order valence-electron chi connectivity index (χ0n) is 12.5. The average Bonchev–Trinajstić information content (AvgIpc) is 2.46. The van der Waals surface area contributed by atoms with E-state index in [4.69, 9.17) is 4.74 Å². The molecule has 2 rings (SSSR count). The number of aryl methyl sites for hydroxylation is 1. The molecule has 2 nitrogen and oxygen atoms in total. The molecule has 0 spiro atoms. The highest BCUT2D eigenvalue weighted by molar-refractivity contribution is 9.10. The van der Waals surface area contributed by atoms with E-state index >= 15 is 0 Å². The second-order valence-electron chi connectivity index (χ2n) is 5.21. The summed E-state index contributed by atoms with van der Waals surface area (Å²) in [5.74, 6) is 1.58. The molecule has 112 valence electrons. The third-order valence-corrected chi connectivity index (χ3v) is 4.09. The lowest BCUT2D eigenvalue weighted by atomic mass is 10.1. The van der Waals surface area contributed by atoms with Crippen LogP contribution in [0.3, 0.4) is 0 Å². The molecule has 0 saturated carbocycles. The van der Waals surface area contributed by atoms with E-state index in [1.165, 1.54) is 18.4 Å². The van der Waals surface area contributed by atoms with Crippen molar-refractivity contribution in [3.63, 3.8) is 0 Å². The van der Waals surface area contributed by atoms with Crippen LogP contribution in [-0.2, 0) is 6.42 Å². The first kappa shape index (κ1) is 16.1. The fraction of sp³-hybridized carbons (Fsp3) is 0.333. The summed E-state index contributed by atoms with van der Waals surface area (Å²) in [7, 11) is 0. The molecule has 0 saturated heterocycles. The van der Waals surface area contributed by atoms with E-state index in [-0.39, 0.29) is 0 Å². The van der Waals surface area contributed by atoms with Gasteiger partial charge in [0.05, 0.1) is 6.10 Å². The maximum atomic E-state index is 9.62. The standard InChI is InChI=1S/C18H21BrO2/c1-3-4-5-14-6-8-15(9-7-14)21-16-10-11-17(13(2)20)18(19)12-16/h6-13,20H,3-5H2,1-2H3/t13-/m1/s1. The number of benzene rings is 2. The SMILES string of the molecule is CCCCc1ccc(Oc2ccc([C@@H](C)O)c(Br)c2)cc1. The molecule has 0 amide bonds. The molecule has 1 N–H and O–H groups in total. The van der Waals surface area contributed by atoms with Crippen LogP contribution >= 0.6 is 15.9 Å². The van der Waals surface area contributed by atoms with E-state index in [0.29, 0.717) is 0 Å². The summed E-state index contributed by atoms with van der Waals surface area (Å²) < 4.78 is 6.70. The van der Waals surface area contributed by atoms with Gasteiger partial charge < -0.3 is 9.84 Å². The van der Waals surface area contributed by atoms with Gasteiger partial charge in [-0.3, -0.25) is 0 Å². The monoisotopic (exact) mass is 348 g/mol. The van der Waals surface area contributed by atoms with Gasteiger partial charge in [0, 0.05) is 4.47 Å². The van der Waals surface area contributed by atoms with Crippen molar-refractivity contribution >= 4 is 15.9 Å². The van der Waals surface area contributed by atoms with E-state index in [2.05, 4.69) is 35.0 Å². The van der Waals surface area contributed by atoms with Crippen LogP contribution in [0, 0.1) is 0 Å². The molecule has 0 unspecified atom stereocenters. The predicted octanol–water partition coefficient (Wildman–Crippen LogP) is 5.64. The zero-order chi connectivity index (χ0) is 15.2. The Morgan fingerprint density at radius 2 is 1.76 bits per heavy atom. The number of unbranched alkanes of at least 4 members (excludes halogenated alkanes) is 1. The molecule has 1 atom stereocenters. The molecule has 0 aliphatic rings. The first-order chi connectivity index (χ1) is 10.1. The molecular formula is C18H21BrO2. The lowest BCUT2D eigenvalue weighted by Crippen LogP contribution is -1.93. The minimum atomic E-state index is -0.494. The highest BCUT2D eigenvalue weighted by Crippen LogP contribution is 2.30. The van der Waals surface area contributed by atoms with Gasteiger partial charge in [0.1, 0.15) is 11.5 Å². The van der Waals surface area contributed by atoms with Crippen LogP contribution in [0.1, 0.15) is 43.9 Å². The number of rotatable bonds is 6. The van der Waals surface area contributed by atoms with E-state index in [1.54, 1.807) is 6.92 Å². The van der Waals surface area contributed by atoms with Crippen LogP contribution < -0.4 is 4.74 Å². The summed E-state index contributed by atoms with van der Waals surface area (Å²) in [6.07, 6.45) is 3.05. The molecule has 0 aliphatic carbocycles. The molecule has 3 heteroatoms. The second kappa shape index (κ2) is 7.62. The molecule has 2 aromatic carbocycles. The number of aliphatic hydroxyl groups excluding tert-OH is 1. The van der Waals surface area contributed by atoms with Crippen LogP contribution in [0.2, 0.25) is 0 Å². The van der Waals surface area contributed by atoms with Crippen molar-refractivity contribution in [3.05, 3.63) is 58.1 Å². The number of halogens is 1. The summed E-state index contributed by atoms with van der Waals surface area (Å²) in [4.78, 5) is 0. The summed E-state index contributed by atoms with van der Waals surface area (Å²) in [6.45, 7) is 3.95. The Morgan fingerprint density at radius 1 is 1.10 bits per heavy atom. The fourth-order valence-electron chi connectivity index (χ4n) is 2.15. The van der Waals surface area contributed by atoms with Gasteiger partial charge in [-0.1, -0.05) is 47.5 Å². The first-order valence-electron chi connectivity index (χ1n) is 7.34. The Kier molecular flexibility index (Phi) is 5.83. The summed E-state index contributed by atoms with van der Waals surface area (Å²) in [5.41, 5.74) is 2.20. The Bertz CT molecular complexity index is 576. The smallest absolute Gasteiger partial charge is 0.128 e. The zero-order valence-corrected chi connectivity index (χ0v) is 14.1. The molecule has 0 radical (unpaired) electrons. The lowest BCUT2D eigenvalue weighted by Gasteiger charge is -2.11. The molecule has 0 heterocycles. The van der Waals surface area contributed by atoms with Crippen molar-refractivity contribution in [2.45, 2.75) is 39.2 Å². The molecule has 0 fully saturated rings. The van der Waals surface area contributed by atoms with E-state index in [0.717, 1.165) is 28.0 Å². The predicted molar refractivity (Wildman–Crippen MR) is 89.9 cm³/mol. The first-order valence-corrected chi connectivity index (χ1v) is 8.13. The number of aliphatic hydroxyl groups is 1. The Balaban J connectivity index is 2.06. The highest BCUT2D eigenvalue weighted by Gasteiger charge is 2.07. The van der Waals surface area contributed by atoms with Gasteiger partial charge in [0.25, 0.3) is 0 Å². The molecule has 2 aromatic rings. The van der Waals surface area contributed by atoms with Crippen molar-refractivity contribution in [3.8, 4) is 11.5 Å². The number of hydrogen-bond acceptors (Lipinski definition) is 2. The van der Waals surface area contributed by atoms with Gasteiger partial charge in [-0.05, 0) is 55.2 Å². The Labute approximate surface area is 134 Å². The Morgan fingerprint density at radius 3 is 2.33 bits per heavy atom. The molecule has 0 bridgehead atoms. The van der Waals surface area contributed by atoms with Crippen LogP contribution in [0.15, 0.2) is 46.9 Å². The van der Waals surface area contributed by atoms with Crippen molar-refractivity contribution in [2.24, 2.45) is 0 Å². The summed E-state index contributed by atoms with van der Waals surface area (Å²) >= 11 is 3.46. The van der Waals surface area contributed by atoms with Gasteiger partial charge in [-0.25, -0.2) is 0 Å². The quantitative estimate of drug-likeness (QED) is 0.732. The third kappa shape index (κ3) is 4.58. The molecular weight excluding hydrogens is 328 g/mol. The maximum Gasteiger partial charge on any atom is 0.128 e. The van der Waals surface area contributed by atoms with E-state index < -0.39 is 6.10 Å². The minimum Gasteiger partial charge on any atom is -0.457 e. The molecule has 21 heavy (non-hydrogen) atoms. The largest absolute Gasteiger partial charge is 0.457 e. The number of ether oxygens (including phenoxy) is 1. The topological polar surface area (TPSA) is 29.5 Å². The van der Waals surface area contributed by atoms with Crippen molar-refractivity contribution in [1.29, 1.82) is 0 Å². The van der Waals surface area contributed by atoms with E-state index in [1.807, 2.05) is 30.3 Å². The normalized spacial score (nSPS) is 12.2. The minimum absolute atomic E-state index is 0.494. The second-order valence-corrected chi connectivity index (χ2v) is 6.06. The summed E-state index contributed by atoms with van der Waals surface area (Å²) in [6, 6.07) is 13.9. The van der Waals surface area contributed by atoms with Gasteiger partial charge in [-0.15, -0.1) is 0 Å². The van der Waals surface area contributed by atoms with Gasteiger partial charge in [0.2, 0.25) is 0 Å². The van der Waals surface area contributed by atoms with Crippen LogP contribution in [0.25, 0.3) is 0 Å². The highest BCUT2D eigenvalue weighted by atomic mass is 79.9.